The molecule has 0 spiro atoms. The van der Waals surface area contributed by atoms with Gasteiger partial charge in [0.2, 0.25) is 0 Å². The van der Waals surface area contributed by atoms with Crippen LogP contribution in [0.1, 0.15) is 23.3 Å². The van der Waals surface area contributed by atoms with Gasteiger partial charge in [-0.15, -0.1) is 0 Å². The Morgan fingerprint density at radius 2 is 2.05 bits per heavy atom. The van der Waals surface area contributed by atoms with Gasteiger partial charge >= 0.3 is 5.97 Å². The van der Waals surface area contributed by atoms with Gasteiger partial charge in [-0.25, -0.2) is 14.8 Å². The van der Waals surface area contributed by atoms with Gasteiger partial charge in [-0.2, -0.15) is 0 Å². The molecule has 6 heteroatoms. The summed E-state index contributed by atoms with van der Waals surface area (Å²) in [6, 6.07) is 0. The second-order valence-electron chi connectivity index (χ2n) is 5.44. The van der Waals surface area contributed by atoms with Crippen LogP contribution in [0.4, 0.5) is 5.82 Å². The fourth-order valence-corrected chi connectivity index (χ4v) is 2.56. The summed E-state index contributed by atoms with van der Waals surface area (Å²) in [7, 11) is 5.57. The van der Waals surface area contributed by atoms with E-state index in [2.05, 4.69) is 38.6 Å². The first-order valence-corrected chi connectivity index (χ1v) is 6.90. The first-order chi connectivity index (χ1) is 9.60. The van der Waals surface area contributed by atoms with Crippen molar-refractivity contribution in [3.8, 4) is 0 Å². The third-order valence-electron chi connectivity index (χ3n) is 3.59. The molecule has 1 aliphatic rings. The Labute approximate surface area is 119 Å². The fourth-order valence-electron chi connectivity index (χ4n) is 2.56. The Balaban J connectivity index is 1.92. The van der Waals surface area contributed by atoms with Gasteiger partial charge in [-0.1, -0.05) is 0 Å². The van der Waals surface area contributed by atoms with Crippen molar-refractivity contribution in [2.75, 3.05) is 45.7 Å². The monoisotopic (exact) mass is 278 g/mol. The van der Waals surface area contributed by atoms with E-state index in [9.17, 15) is 4.79 Å². The lowest BCUT2D eigenvalue weighted by molar-refractivity contribution is 0.0593. The zero-order valence-electron chi connectivity index (χ0n) is 12.4. The first kappa shape index (κ1) is 14.7. The number of methoxy groups -OCH3 is 1. The van der Waals surface area contributed by atoms with E-state index in [-0.39, 0.29) is 5.69 Å². The molecule has 1 saturated heterocycles. The molecule has 0 radical (unpaired) electrons. The molecule has 0 saturated carbocycles. The summed E-state index contributed by atoms with van der Waals surface area (Å²) in [6.45, 7) is 3.12. The molecule has 0 N–H and O–H groups in total. The molecule has 1 aliphatic heterocycles. The van der Waals surface area contributed by atoms with Crippen LogP contribution in [0, 0.1) is 5.92 Å². The van der Waals surface area contributed by atoms with Gasteiger partial charge in [0.25, 0.3) is 0 Å². The average molecular weight is 278 g/mol. The van der Waals surface area contributed by atoms with Crippen molar-refractivity contribution < 1.29 is 9.53 Å². The molecule has 0 amide bonds. The predicted molar refractivity (Wildman–Crippen MR) is 76.9 cm³/mol. The highest BCUT2D eigenvalue weighted by atomic mass is 16.5. The number of nitrogens with zero attached hydrogens (tertiary/aromatic N) is 4. The fraction of sp³-hybridized carbons (Fsp3) is 0.643. The van der Waals surface area contributed by atoms with Crippen LogP contribution in [0.15, 0.2) is 12.4 Å². The molecule has 0 atom stereocenters. The van der Waals surface area contributed by atoms with Gasteiger partial charge < -0.3 is 14.5 Å². The highest BCUT2D eigenvalue weighted by Crippen LogP contribution is 2.21. The van der Waals surface area contributed by atoms with Gasteiger partial charge in [0, 0.05) is 19.6 Å². The maximum Gasteiger partial charge on any atom is 0.358 e. The summed E-state index contributed by atoms with van der Waals surface area (Å²) in [5.74, 6) is 1.14. The zero-order valence-corrected chi connectivity index (χ0v) is 12.4. The van der Waals surface area contributed by atoms with Gasteiger partial charge in [-0.05, 0) is 32.9 Å². The van der Waals surface area contributed by atoms with Crippen molar-refractivity contribution in [1.82, 2.24) is 14.9 Å². The number of rotatable bonds is 4. The molecular formula is C14H22N4O2. The third kappa shape index (κ3) is 3.66. The van der Waals surface area contributed by atoms with Gasteiger partial charge in [0.05, 0.1) is 19.5 Å². The molecule has 1 fully saturated rings. The third-order valence-corrected chi connectivity index (χ3v) is 3.59. The van der Waals surface area contributed by atoms with Crippen molar-refractivity contribution in [1.29, 1.82) is 0 Å². The quantitative estimate of drug-likeness (QED) is 0.767. The minimum absolute atomic E-state index is 0.249. The van der Waals surface area contributed by atoms with E-state index in [1.165, 1.54) is 26.1 Å². The average Bonchev–Trinajstić information content (AvgIpc) is 2.47. The Bertz CT molecular complexity index is 439. The van der Waals surface area contributed by atoms with Gasteiger partial charge in [0.1, 0.15) is 5.82 Å². The second kappa shape index (κ2) is 6.65. The predicted octanol–water partition coefficient (Wildman–Crippen LogP) is 1.04. The standard InChI is InChI=1S/C14H22N4O2/c1-17(2)10-11-4-6-18(7-5-11)13-9-15-12(8-16-13)14(19)20-3/h8-9,11H,4-7,10H2,1-3H3. The summed E-state index contributed by atoms with van der Waals surface area (Å²) < 4.78 is 4.61. The number of anilines is 1. The summed E-state index contributed by atoms with van der Waals surface area (Å²) in [4.78, 5) is 24.2. The molecule has 0 unspecified atom stereocenters. The highest BCUT2D eigenvalue weighted by molar-refractivity contribution is 5.86. The van der Waals surface area contributed by atoms with Crippen LogP contribution in [-0.2, 0) is 4.74 Å². The SMILES string of the molecule is COC(=O)c1cnc(N2CCC(CN(C)C)CC2)cn1. The van der Waals surface area contributed by atoms with E-state index in [4.69, 9.17) is 0 Å². The number of carbonyl (C=O) groups is 1. The van der Waals surface area contributed by atoms with E-state index in [1.54, 1.807) is 6.20 Å². The molecule has 0 aromatic carbocycles. The molecular weight excluding hydrogens is 256 g/mol. The molecule has 0 aliphatic carbocycles. The van der Waals surface area contributed by atoms with Crippen LogP contribution in [0.2, 0.25) is 0 Å². The Kier molecular flexibility index (Phi) is 4.89. The number of hydrogen-bond donors (Lipinski definition) is 0. The maximum atomic E-state index is 11.3. The van der Waals surface area contributed by atoms with Crippen LogP contribution in [0.25, 0.3) is 0 Å². The van der Waals surface area contributed by atoms with Crippen LogP contribution >= 0.6 is 0 Å². The van der Waals surface area contributed by atoms with Crippen molar-refractivity contribution in [2.24, 2.45) is 5.92 Å². The molecule has 2 heterocycles. The normalized spacial score (nSPS) is 16.5. The molecule has 1 aromatic heterocycles. The lowest BCUT2D eigenvalue weighted by atomic mass is 9.96. The largest absolute Gasteiger partial charge is 0.464 e. The first-order valence-electron chi connectivity index (χ1n) is 6.90. The number of carbonyl (C=O) groups excluding carboxylic acids is 1. The Hall–Kier alpha value is -1.69. The lowest BCUT2D eigenvalue weighted by Gasteiger charge is -2.33. The highest BCUT2D eigenvalue weighted by Gasteiger charge is 2.21. The maximum absolute atomic E-state index is 11.3. The second-order valence-corrected chi connectivity index (χ2v) is 5.44. The zero-order chi connectivity index (χ0) is 14.5. The molecule has 1 aromatic rings. The minimum atomic E-state index is -0.450. The summed E-state index contributed by atoms with van der Waals surface area (Å²) in [5.41, 5.74) is 0.249. The van der Waals surface area contributed by atoms with Crippen LogP contribution in [0.3, 0.4) is 0 Å². The molecule has 0 bridgehead atoms. The smallest absolute Gasteiger partial charge is 0.358 e. The van der Waals surface area contributed by atoms with E-state index in [0.717, 1.165) is 31.4 Å². The van der Waals surface area contributed by atoms with Crippen molar-refractivity contribution >= 4 is 11.8 Å². The minimum Gasteiger partial charge on any atom is -0.464 e. The molecule has 2 rings (SSSR count). The van der Waals surface area contributed by atoms with Gasteiger partial charge in [-0.3, -0.25) is 0 Å². The van der Waals surface area contributed by atoms with Crippen molar-refractivity contribution in [3.63, 3.8) is 0 Å². The molecule has 6 nitrogen and oxygen atoms in total. The Morgan fingerprint density at radius 1 is 1.35 bits per heavy atom. The van der Waals surface area contributed by atoms with Crippen molar-refractivity contribution in [3.05, 3.63) is 18.1 Å². The van der Waals surface area contributed by atoms with E-state index < -0.39 is 5.97 Å². The van der Waals surface area contributed by atoms with E-state index in [0.29, 0.717) is 0 Å². The van der Waals surface area contributed by atoms with E-state index >= 15 is 0 Å². The van der Waals surface area contributed by atoms with Crippen LogP contribution < -0.4 is 4.90 Å². The number of ether oxygens (including phenoxy) is 1. The summed E-state index contributed by atoms with van der Waals surface area (Å²) >= 11 is 0. The van der Waals surface area contributed by atoms with Crippen LogP contribution in [0.5, 0.6) is 0 Å². The summed E-state index contributed by atoms with van der Waals surface area (Å²) in [5, 5.41) is 0. The van der Waals surface area contributed by atoms with E-state index in [1.807, 2.05) is 0 Å². The number of piperidine rings is 1. The number of aromatic nitrogens is 2. The topological polar surface area (TPSA) is 58.6 Å². The van der Waals surface area contributed by atoms with Crippen LogP contribution in [-0.4, -0.2) is 61.7 Å². The van der Waals surface area contributed by atoms with Crippen molar-refractivity contribution in [2.45, 2.75) is 12.8 Å². The molecule has 110 valence electrons. The number of hydrogen-bond acceptors (Lipinski definition) is 6. The Morgan fingerprint density at radius 3 is 2.55 bits per heavy atom. The number of esters is 1. The summed E-state index contributed by atoms with van der Waals surface area (Å²) in [6.07, 6.45) is 5.46. The lowest BCUT2D eigenvalue weighted by Crippen LogP contribution is -2.37. The molecule has 20 heavy (non-hydrogen) atoms. The van der Waals surface area contributed by atoms with Gasteiger partial charge in [0.15, 0.2) is 5.69 Å².